The van der Waals surface area contributed by atoms with Gasteiger partial charge in [0.15, 0.2) is 0 Å². The van der Waals surface area contributed by atoms with Crippen LogP contribution in [0.25, 0.3) is 0 Å². The zero-order chi connectivity index (χ0) is 13.1. The summed E-state index contributed by atoms with van der Waals surface area (Å²) in [4.78, 5) is 17.4. The fourth-order valence-electron chi connectivity index (χ4n) is 1.64. The minimum absolute atomic E-state index is 0.0760. The number of benzene rings is 1. The second-order valence-corrected chi connectivity index (χ2v) is 6.05. The molecule has 0 unspecified atom stereocenters. The Kier molecular flexibility index (Phi) is 4.14. The first-order valence-corrected chi connectivity index (χ1v) is 7.14. The molecule has 0 bridgehead atoms. The molecule has 0 radical (unpaired) electrons. The molecule has 0 spiro atoms. The van der Waals surface area contributed by atoms with Gasteiger partial charge in [-0.15, -0.1) is 11.3 Å². The van der Waals surface area contributed by atoms with E-state index in [9.17, 15) is 4.79 Å². The van der Waals surface area contributed by atoms with Gasteiger partial charge in [0, 0.05) is 9.35 Å². The van der Waals surface area contributed by atoms with Crippen LogP contribution in [-0.2, 0) is 6.54 Å². The van der Waals surface area contributed by atoms with Crippen molar-refractivity contribution in [3.63, 3.8) is 0 Å². The Morgan fingerprint density at radius 3 is 2.72 bits per heavy atom. The van der Waals surface area contributed by atoms with Crippen LogP contribution in [0.3, 0.4) is 0 Å². The van der Waals surface area contributed by atoms with E-state index in [2.05, 4.69) is 26.2 Å². The number of halogens is 1. The van der Waals surface area contributed by atoms with Gasteiger partial charge in [0.2, 0.25) is 0 Å². The van der Waals surface area contributed by atoms with Crippen LogP contribution in [-0.4, -0.2) is 10.9 Å². The van der Waals surface area contributed by atoms with Crippen LogP contribution < -0.4 is 5.32 Å². The standard InChI is InChI=1S/C13H13BrN2OS/c1-8-12(18-9(2)16-8)7-15-13(17)10-5-3-4-6-11(10)14/h3-6H,7H2,1-2H3,(H,15,17). The van der Waals surface area contributed by atoms with Gasteiger partial charge in [0.25, 0.3) is 5.91 Å². The zero-order valence-corrected chi connectivity index (χ0v) is 12.6. The molecule has 0 aliphatic carbocycles. The SMILES string of the molecule is Cc1nc(C)c(CNC(=O)c2ccccc2Br)s1. The number of amides is 1. The zero-order valence-electron chi connectivity index (χ0n) is 10.2. The van der Waals surface area contributed by atoms with Gasteiger partial charge in [-0.3, -0.25) is 4.79 Å². The Labute approximate surface area is 118 Å². The monoisotopic (exact) mass is 324 g/mol. The fraction of sp³-hybridized carbons (Fsp3) is 0.231. The molecule has 1 heterocycles. The average Bonchev–Trinajstić information content (AvgIpc) is 2.65. The van der Waals surface area contributed by atoms with Crippen molar-refractivity contribution in [2.45, 2.75) is 20.4 Å². The van der Waals surface area contributed by atoms with Gasteiger partial charge < -0.3 is 5.32 Å². The van der Waals surface area contributed by atoms with Gasteiger partial charge in [-0.25, -0.2) is 4.98 Å². The number of nitrogens with zero attached hydrogens (tertiary/aromatic N) is 1. The Hall–Kier alpha value is -1.20. The maximum Gasteiger partial charge on any atom is 0.252 e. The van der Waals surface area contributed by atoms with Crippen molar-refractivity contribution >= 4 is 33.2 Å². The molecule has 0 aliphatic rings. The molecule has 2 rings (SSSR count). The van der Waals surface area contributed by atoms with E-state index in [0.717, 1.165) is 20.1 Å². The normalized spacial score (nSPS) is 10.4. The number of carbonyl (C=O) groups excluding carboxylic acids is 1. The minimum atomic E-state index is -0.0760. The molecule has 5 heteroatoms. The molecule has 94 valence electrons. The predicted octanol–water partition coefficient (Wildman–Crippen LogP) is 3.45. The van der Waals surface area contributed by atoms with Crippen molar-refractivity contribution in [1.29, 1.82) is 0 Å². The van der Waals surface area contributed by atoms with Crippen LogP contribution in [0.5, 0.6) is 0 Å². The Balaban J connectivity index is 2.05. The lowest BCUT2D eigenvalue weighted by atomic mass is 10.2. The molecular weight excluding hydrogens is 312 g/mol. The number of thiazole rings is 1. The minimum Gasteiger partial charge on any atom is -0.347 e. The lowest BCUT2D eigenvalue weighted by molar-refractivity contribution is 0.0950. The van der Waals surface area contributed by atoms with Crippen LogP contribution >= 0.6 is 27.3 Å². The summed E-state index contributed by atoms with van der Waals surface area (Å²) >= 11 is 4.99. The molecule has 3 nitrogen and oxygen atoms in total. The molecule has 1 amide bonds. The quantitative estimate of drug-likeness (QED) is 0.939. The number of hydrogen-bond acceptors (Lipinski definition) is 3. The predicted molar refractivity (Wildman–Crippen MR) is 76.9 cm³/mol. The molecule has 0 aliphatic heterocycles. The van der Waals surface area contributed by atoms with Gasteiger partial charge in [-0.1, -0.05) is 12.1 Å². The molecular formula is C13H13BrN2OS. The van der Waals surface area contributed by atoms with Crippen molar-refractivity contribution in [3.05, 3.63) is 49.9 Å². The summed E-state index contributed by atoms with van der Waals surface area (Å²) in [5, 5.41) is 3.94. The summed E-state index contributed by atoms with van der Waals surface area (Å²) in [6.07, 6.45) is 0. The smallest absolute Gasteiger partial charge is 0.252 e. The van der Waals surface area contributed by atoms with E-state index in [4.69, 9.17) is 0 Å². The first-order chi connectivity index (χ1) is 8.58. The number of aryl methyl sites for hydroxylation is 2. The van der Waals surface area contributed by atoms with Crippen LogP contribution in [0, 0.1) is 13.8 Å². The summed E-state index contributed by atoms with van der Waals surface area (Å²) in [5.74, 6) is -0.0760. The Morgan fingerprint density at radius 2 is 2.11 bits per heavy atom. The summed E-state index contributed by atoms with van der Waals surface area (Å²) in [6.45, 7) is 4.46. The van der Waals surface area contributed by atoms with Crippen molar-refractivity contribution in [2.24, 2.45) is 0 Å². The van der Waals surface area contributed by atoms with E-state index >= 15 is 0 Å². The van der Waals surface area contributed by atoms with Gasteiger partial charge in [-0.2, -0.15) is 0 Å². The van der Waals surface area contributed by atoms with Crippen LogP contribution in [0.1, 0.15) is 25.9 Å². The van der Waals surface area contributed by atoms with E-state index < -0.39 is 0 Å². The van der Waals surface area contributed by atoms with Crippen molar-refractivity contribution in [1.82, 2.24) is 10.3 Å². The summed E-state index contributed by atoms with van der Waals surface area (Å²) in [6, 6.07) is 7.39. The topological polar surface area (TPSA) is 42.0 Å². The third kappa shape index (κ3) is 2.97. The summed E-state index contributed by atoms with van der Waals surface area (Å²) < 4.78 is 0.805. The Bertz CT molecular complexity index is 580. The van der Waals surface area contributed by atoms with Crippen LogP contribution in [0.4, 0.5) is 0 Å². The Morgan fingerprint density at radius 1 is 1.39 bits per heavy atom. The second-order valence-electron chi connectivity index (χ2n) is 3.90. The van der Waals surface area contributed by atoms with Gasteiger partial charge in [0.05, 0.1) is 22.8 Å². The summed E-state index contributed by atoms with van der Waals surface area (Å²) in [5.41, 5.74) is 1.64. The van der Waals surface area contributed by atoms with E-state index in [0.29, 0.717) is 12.1 Å². The number of carbonyl (C=O) groups is 1. The number of hydrogen-bond donors (Lipinski definition) is 1. The molecule has 0 atom stereocenters. The lowest BCUT2D eigenvalue weighted by Gasteiger charge is -2.05. The number of nitrogens with one attached hydrogen (secondary N) is 1. The van der Waals surface area contributed by atoms with Crippen molar-refractivity contribution < 1.29 is 4.79 Å². The van der Waals surface area contributed by atoms with Gasteiger partial charge >= 0.3 is 0 Å². The molecule has 0 saturated carbocycles. The first kappa shape index (κ1) is 13.2. The third-order valence-corrected chi connectivity index (χ3v) is 4.29. The molecule has 18 heavy (non-hydrogen) atoms. The van der Waals surface area contributed by atoms with Gasteiger partial charge in [0.1, 0.15) is 0 Å². The van der Waals surface area contributed by atoms with Gasteiger partial charge in [-0.05, 0) is 41.9 Å². The highest BCUT2D eigenvalue weighted by Gasteiger charge is 2.10. The van der Waals surface area contributed by atoms with E-state index in [1.165, 1.54) is 0 Å². The van der Waals surface area contributed by atoms with E-state index in [1.807, 2.05) is 32.0 Å². The maximum atomic E-state index is 12.0. The highest BCUT2D eigenvalue weighted by molar-refractivity contribution is 9.10. The third-order valence-electron chi connectivity index (χ3n) is 2.53. The lowest BCUT2D eigenvalue weighted by Crippen LogP contribution is -2.23. The number of rotatable bonds is 3. The van der Waals surface area contributed by atoms with Crippen LogP contribution in [0.15, 0.2) is 28.7 Å². The molecule has 2 aromatic rings. The fourth-order valence-corrected chi connectivity index (χ4v) is 2.98. The molecule has 0 saturated heterocycles. The largest absolute Gasteiger partial charge is 0.347 e. The highest BCUT2D eigenvalue weighted by atomic mass is 79.9. The molecule has 0 fully saturated rings. The molecule has 1 N–H and O–H groups in total. The maximum absolute atomic E-state index is 12.0. The van der Waals surface area contributed by atoms with E-state index in [-0.39, 0.29) is 5.91 Å². The average molecular weight is 325 g/mol. The number of aromatic nitrogens is 1. The first-order valence-electron chi connectivity index (χ1n) is 5.53. The second kappa shape index (κ2) is 5.63. The highest BCUT2D eigenvalue weighted by Crippen LogP contribution is 2.18. The van der Waals surface area contributed by atoms with Crippen LogP contribution in [0.2, 0.25) is 0 Å². The van der Waals surface area contributed by atoms with Crippen molar-refractivity contribution in [2.75, 3.05) is 0 Å². The summed E-state index contributed by atoms with van der Waals surface area (Å²) in [7, 11) is 0. The van der Waals surface area contributed by atoms with Crippen molar-refractivity contribution in [3.8, 4) is 0 Å². The van der Waals surface area contributed by atoms with E-state index in [1.54, 1.807) is 17.4 Å². The molecule has 1 aromatic carbocycles. The molecule has 1 aromatic heterocycles.